The predicted octanol–water partition coefficient (Wildman–Crippen LogP) is 4.55. The average Bonchev–Trinajstić information content (AvgIpc) is 2.72. The van der Waals surface area contributed by atoms with Gasteiger partial charge in [0.1, 0.15) is 5.75 Å². The molecule has 0 fully saturated rings. The maximum Gasteiger partial charge on any atom is 0.322 e. The number of amides is 2. The number of aryl methyl sites for hydroxylation is 2. The van der Waals surface area contributed by atoms with Crippen LogP contribution < -0.4 is 15.4 Å². The van der Waals surface area contributed by atoms with Crippen molar-refractivity contribution in [1.29, 1.82) is 0 Å². The molecule has 166 valence electrons. The molecular weight excluding hydrogens is 404 g/mol. The number of nitrogens with one attached hydrogen (secondary N) is 2. The largest absolute Gasteiger partial charge is 0.424 e. The highest BCUT2D eigenvalue weighted by Gasteiger charge is 2.14. The Labute approximate surface area is 188 Å². The number of anilines is 1. The summed E-state index contributed by atoms with van der Waals surface area (Å²) in [5.41, 5.74) is 3.91. The molecule has 3 aromatic rings. The van der Waals surface area contributed by atoms with Crippen molar-refractivity contribution in [2.45, 2.75) is 40.0 Å². The van der Waals surface area contributed by atoms with E-state index in [0.717, 1.165) is 17.0 Å². The SMILES string of the molecule is Cc1cc(C)nc(Oc2ccc(NC(=O)CNC(=O)c3ccc(C(C)(C)C)cc3)cc2)n1. The molecule has 1 aromatic heterocycles. The van der Waals surface area contributed by atoms with Gasteiger partial charge < -0.3 is 15.4 Å². The van der Waals surface area contributed by atoms with Crippen LogP contribution in [0.1, 0.15) is 48.1 Å². The van der Waals surface area contributed by atoms with Gasteiger partial charge in [-0.05, 0) is 67.3 Å². The van der Waals surface area contributed by atoms with Crippen molar-refractivity contribution in [3.8, 4) is 11.8 Å². The molecule has 1 heterocycles. The first kappa shape index (κ1) is 22.9. The Hall–Kier alpha value is -3.74. The minimum absolute atomic E-state index is 0.0154. The fraction of sp³-hybridized carbons (Fsp3) is 0.280. The number of hydrogen-bond donors (Lipinski definition) is 2. The first-order valence-electron chi connectivity index (χ1n) is 10.4. The van der Waals surface area contributed by atoms with Gasteiger partial charge in [-0.25, -0.2) is 9.97 Å². The fourth-order valence-electron chi connectivity index (χ4n) is 3.04. The van der Waals surface area contributed by atoms with E-state index in [-0.39, 0.29) is 29.8 Å². The molecule has 2 amide bonds. The number of nitrogens with zero attached hydrogens (tertiary/aromatic N) is 2. The van der Waals surface area contributed by atoms with E-state index in [2.05, 4.69) is 41.4 Å². The molecule has 0 spiro atoms. The summed E-state index contributed by atoms with van der Waals surface area (Å²) in [4.78, 5) is 33.0. The standard InChI is InChI=1S/C25H28N4O3/c1-16-14-17(2)28-24(27-16)32-21-12-10-20(11-13-21)29-22(30)15-26-23(31)18-6-8-19(9-7-18)25(3,4)5/h6-14H,15H2,1-5H3,(H,26,31)(H,29,30). The average molecular weight is 433 g/mol. The van der Waals surface area contributed by atoms with Gasteiger partial charge in [0.2, 0.25) is 5.91 Å². The molecule has 32 heavy (non-hydrogen) atoms. The summed E-state index contributed by atoms with van der Waals surface area (Å²) in [5.74, 6) is -0.0613. The molecule has 3 rings (SSSR count). The zero-order valence-corrected chi connectivity index (χ0v) is 19.0. The Bertz CT molecular complexity index is 1080. The van der Waals surface area contributed by atoms with Crippen LogP contribution in [0.15, 0.2) is 54.6 Å². The van der Waals surface area contributed by atoms with E-state index in [1.165, 1.54) is 0 Å². The molecule has 7 heteroatoms. The number of rotatable bonds is 6. The summed E-state index contributed by atoms with van der Waals surface area (Å²) in [6.07, 6.45) is 0. The van der Waals surface area contributed by atoms with Gasteiger partial charge in [-0.3, -0.25) is 9.59 Å². The second kappa shape index (κ2) is 9.60. The number of benzene rings is 2. The first-order valence-corrected chi connectivity index (χ1v) is 10.4. The van der Waals surface area contributed by atoms with Crippen LogP contribution in [0, 0.1) is 13.8 Å². The van der Waals surface area contributed by atoms with Crippen molar-refractivity contribution < 1.29 is 14.3 Å². The minimum atomic E-state index is -0.323. The Morgan fingerprint density at radius 2 is 1.50 bits per heavy atom. The van der Waals surface area contributed by atoms with Gasteiger partial charge in [0.25, 0.3) is 5.91 Å². The summed E-state index contributed by atoms with van der Waals surface area (Å²) in [7, 11) is 0. The summed E-state index contributed by atoms with van der Waals surface area (Å²) in [6, 6.07) is 16.4. The molecule has 0 unspecified atom stereocenters. The summed E-state index contributed by atoms with van der Waals surface area (Å²) < 4.78 is 5.67. The maximum atomic E-state index is 12.3. The number of ether oxygens (including phenoxy) is 1. The van der Waals surface area contributed by atoms with Crippen LogP contribution in [0.5, 0.6) is 11.8 Å². The van der Waals surface area contributed by atoms with Gasteiger partial charge in [-0.15, -0.1) is 0 Å². The second-order valence-electron chi connectivity index (χ2n) is 8.62. The molecule has 0 aliphatic heterocycles. The van der Waals surface area contributed by atoms with E-state index in [9.17, 15) is 9.59 Å². The van der Waals surface area contributed by atoms with Gasteiger partial charge in [0, 0.05) is 22.6 Å². The van der Waals surface area contributed by atoms with Gasteiger partial charge in [-0.1, -0.05) is 32.9 Å². The van der Waals surface area contributed by atoms with Crippen molar-refractivity contribution in [2.24, 2.45) is 0 Å². The Morgan fingerprint density at radius 1 is 0.906 bits per heavy atom. The lowest BCUT2D eigenvalue weighted by molar-refractivity contribution is -0.115. The van der Waals surface area contributed by atoms with Crippen LogP contribution in [-0.2, 0) is 10.2 Å². The Kier molecular flexibility index (Phi) is 6.88. The molecule has 2 N–H and O–H groups in total. The minimum Gasteiger partial charge on any atom is -0.424 e. The lowest BCUT2D eigenvalue weighted by atomic mass is 9.87. The second-order valence-corrected chi connectivity index (χ2v) is 8.62. The number of carbonyl (C=O) groups is 2. The highest BCUT2D eigenvalue weighted by Crippen LogP contribution is 2.22. The number of hydrogen-bond acceptors (Lipinski definition) is 5. The first-order chi connectivity index (χ1) is 15.1. The van der Waals surface area contributed by atoms with Crippen LogP contribution in [0.25, 0.3) is 0 Å². The monoisotopic (exact) mass is 432 g/mol. The lowest BCUT2D eigenvalue weighted by Gasteiger charge is -2.19. The molecule has 0 atom stereocenters. The molecular formula is C25H28N4O3. The van der Waals surface area contributed by atoms with Crippen molar-refractivity contribution in [2.75, 3.05) is 11.9 Å². The predicted molar refractivity (Wildman–Crippen MR) is 124 cm³/mol. The van der Waals surface area contributed by atoms with Gasteiger partial charge in [0.05, 0.1) is 6.54 Å². The molecule has 0 bridgehead atoms. The zero-order chi connectivity index (χ0) is 23.3. The van der Waals surface area contributed by atoms with E-state index >= 15 is 0 Å². The maximum absolute atomic E-state index is 12.3. The van der Waals surface area contributed by atoms with Gasteiger partial charge in [-0.2, -0.15) is 0 Å². The molecule has 0 aliphatic carbocycles. The molecule has 0 aliphatic rings. The van der Waals surface area contributed by atoms with Crippen LogP contribution in [0.2, 0.25) is 0 Å². The third-order valence-corrected chi connectivity index (χ3v) is 4.73. The van der Waals surface area contributed by atoms with Crippen LogP contribution >= 0.6 is 0 Å². The molecule has 2 aromatic carbocycles. The molecule has 7 nitrogen and oxygen atoms in total. The third kappa shape index (κ3) is 6.38. The van der Waals surface area contributed by atoms with E-state index < -0.39 is 0 Å². The topological polar surface area (TPSA) is 93.2 Å². The lowest BCUT2D eigenvalue weighted by Crippen LogP contribution is -2.32. The van der Waals surface area contributed by atoms with E-state index in [4.69, 9.17) is 4.74 Å². The number of carbonyl (C=O) groups excluding carboxylic acids is 2. The summed E-state index contributed by atoms with van der Waals surface area (Å²) in [5, 5.41) is 5.39. The third-order valence-electron chi connectivity index (χ3n) is 4.73. The zero-order valence-electron chi connectivity index (χ0n) is 19.0. The molecule has 0 saturated heterocycles. The summed E-state index contributed by atoms with van der Waals surface area (Å²) in [6.45, 7) is 9.96. The quantitative estimate of drug-likeness (QED) is 0.596. The van der Waals surface area contributed by atoms with Gasteiger partial charge >= 0.3 is 6.01 Å². The van der Waals surface area contributed by atoms with Crippen LogP contribution in [0.3, 0.4) is 0 Å². The van der Waals surface area contributed by atoms with Crippen LogP contribution in [0.4, 0.5) is 5.69 Å². The molecule has 0 radical (unpaired) electrons. The Balaban J connectivity index is 1.51. The van der Waals surface area contributed by atoms with Crippen molar-refractivity contribution in [3.05, 3.63) is 77.1 Å². The highest BCUT2D eigenvalue weighted by atomic mass is 16.5. The fourth-order valence-corrected chi connectivity index (χ4v) is 3.04. The van der Waals surface area contributed by atoms with E-state index in [1.807, 2.05) is 32.0 Å². The van der Waals surface area contributed by atoms with Crippen molar-refractivity contribution in [3.63, 3.8) is 0 Å². The van der Waals surface area contributed by atoms with Crippen molar-refractivity contribution in [1.82, 2.24) is 15.3 Å². The normalized spacial score (nSPS) is 11.0. The molecule has 0 saturated carbocycles. The van der Waals surface area contributed by atoms with E-state index in [0.29, 0.717) is 17.0 Å². The number of aromatic nitrogens is 2. The van der Waals surface area contributed by atoms with E-state index in [1.54, 1.807) is 36.4 Å². The Morgan fingerprint density at radius 3 is 2.06 bits per heavy atom. The highest BCUT2D eigenvalue weighted by molar-refractivity contribution is 5.99. The smallest absolute Gasteiger partial charge is 0.322 e. The summed E-state index contributed by atoms with van der Waals surface area (Å²) >= 11 is 0. The van der Waals surface area contributed by atoms with Gasteiger partial charge in [0.15, 0.2) is 0 Å². The van der Waals surface area contributed by atoms with Crippen LogP contribution in [-0.4, -0.2) is 28.3 Å². The van der Waals surface area contributed by atoms with Crippen molar-refractivity contribution >= 4 is 17.5 Å².